The molecule has 1 rings (SSSR count). The lowest BCUT2D eigenvalue weighted by Gasteiger charge is -2.12. The number of hydrogen-bond acceptors (Lipinski definition) is 3. The lowest BCUT2D eigenvalue weighted by atomic mass is 10.2. The Morgan fingerprint density at radius 1 is 1.29 bits per heavy atom. The van der Waals surface area contributed by atoms with E-state index in [1.807, 2.05) is 26.2 Å². The van der Waals surface area contributed by atoms with Crippen LogP contribution in [0.4, 0.5) is 11.4 Å². The van der Waals surface area contributed by atoms with Crippen LogP contribution >= 0.6 is 0 Å². The molecule has 1 aromatic carbocycles. The van der Waals surface area contributed by atoms with Gasteiger partial charge in [0, 0.05) is 32.0 Å². The van der Waals surface area contributed by atoms with E-state index in [1.165, 1.54) is 5.69 Å². The molecule has 0 fully saturated rings. The maximum Gasteiger partial charge on any atom is 0.0640 e. The minimum Gasteiger partial charge on any atom is -0.384 e. The van der Waals surface area contributed by atoms with E-state index in [9.17, 15) is 0 Å². The van der Waals surface area contributed by atoms with Gasteiger partial charge in [-0.3, -0.25) is 0 Å². The van der Waals surface area contributed by atoms with E-state index in [-0.39, 0.29) is 0 Å². The van der Waals surface area contributed by atoms with Crippen molar-refractivity contribution in [3.63, 3.8) is 0 Å². The van der Waals surface area contributed by atoms with E-state index in [1.54, 1.807) is 0 Å². The van der Waals surface area contributed by atoms with Gasteiger partial charge in [0.05, 0.1) is 12.5 Å². The zero-order chi connectivity index (χ0) is 10.4. The summed E-state index contributed by atoms with van der Waals surface area (Å²) < 4.78 is 0. The van der Waals surface area contributed by atoms with E-state index in [4.69, 9.17) is 5.26 Å². The highest BCUT2D eigenvalue weighted by molar-refractivity contribution is 5.54. The van der Waals surface area contributed by atoms with Crippen LogP contribution < -0.4 is 10.2 Å². The second-order valence-corrected chi connectivity index (χ2v) is 3.28. The Balaban J connectivity index is 2.52. The topological polar surface area (TPSA) is 39.1 Å². The van der Waals surface area contributed by atoms with E-state index in [0.717, 1.165) is 5.69 Å². The third-order valence-corrected chi connectivity index (χ3v) is 1.95. The predicted octanol–water partition coefficient (Wildman–Crippen LogP) is 2.08. The third kappa shape index (κ3) is 2.98. The Labute approximate surface area is 85.0 Å². The van der Waals surface area contributed by atoms with E-state index >= 15 is 0 Å². The first kappa shape index (κ1) is 10.4. The summed E-state index contributed by atoms with van der Waals surface area (Å²) in [7, 11) is 4.02. The molecule has 1 N–H and O–H groups in total. The fraction of sp³-hybridized carbons (Fsp3) is 0.364. The van der Waals surface area contributed by atoms with E-state index in [2.05, 4.69) is 28.4 Å². The molecule has 0 heterocycles. The molecule has 0 aliphatic heterocycles. The highest BCUT2D eigenvalue weighted by Crippen LogP contribution is 2.15. The van der Waals surface area contributed by atoms with Crippen molar-refractivity contribution in [3.8, 4) is 6.07 Å². The summed E-state index contributed by atoms with van der Waals surface area (Å²) in [5.41, 5.74) is 2.24. The number of rotatable bonds is 4. The first-order valence-electron chi connectivity index (χ1n) is 4.62. The van der Waals surface area contributed by atoms with Crippen LogP contribution in [0.5, 0.6) is 0 Å². The quantitative estimate of drug-likeness (QED) is 0.737. The van der Waals surface area contributed by atoms with E-state index < -0.39 is 0 Å². The molecule has 0 saturated carbocycles. The van der Waals surface area contributed by atoms with Gasteiger partial charge in [0.2, 0.25) is 0 Å². The molecule has 0 spiro atoms. The summed E-state index contributed by atoms with van der Waals surface area (Å²) >= 11 is 0. The van der Waals surface area contributed by atoms with Gasteiger partial charge < -0.3 is 10.2 Å². The van der Waals surface area contributed by atoms with Crippen LogP contribution in [-0.2, 0) is 0 Å². The molecule has 74 valence electrons. The first-order valence-corrected chi connectivity index (χ1v) is 4.62. The predicted molar refractivity (Wildman–Crippen MR) is 59.5 cm³/mol. The number of nitrogens with zero attached hydrogens (tertiary/aromatic N) is 2. The lowest BCUT2D eigenvalue weighted by molar-refractivity contribution is 1.07. The van der Waals surface area contributed by atoms with Crippen molar-refractivity contribution in [3.05, 3.63) is 24.3 Å². The van der Waals surface area contributed by atoms with Crippen LogP contribution in [0.2, 0.25) is 0 Å². The highest BCUT2D eigenvalue weighted by Gasteiger charge is 1.94. The fourth-order valence-corrected chi connectivity index (χ4v) is 1.14. The largest absolute Gasteiger partial charge is 0.384 e. The van der Waals surface area contributed by atoms with Crippen molar-refractivity contribution in [2.75, 3.05) is 30.9 Å². The van der Waals surface area contributed by atoms with Crippen molar-refractivity contribution >= 4 is 11.4 Å². The molecule has 14 heavy (non-hydrogen) atoms. The summed E-state index contributed by atoms with van der Waals surface area (Å²) in [6.45, 7) is 0.706. The van der Waals surface area contributed by atoms with Gasteiger partial charge in [-0.2, -0.15) is 5.26 Å². The average Bonchev–Trinajstić information content (AvgIpc) is 2.19. The SMILES string of the molecule is CN(C)c1ccc(NCCC#N)cc1. The molecule has 0 bridgehead atoms. The maximum absolute atomic E-state index is 8.36. The third-order valence-electron chi connectivity index (χ3n) is 1.95. The van der Waals surface area contributed by atoms with Crippen LogP contribution in [0.25, 0.3) is 0 Å². The number of nitriles is 1. The zero-order valence-electron chi connectivity index (χ0n) is 8.62. The fourth-order valence-electron chi connectivity index (χ4n) is 1.14. The van der Waals surface area contributed by atoms with E-state index in [0.29, 0.717) is 13.0 Å². The molecule has 0 aliphatic carbocycles. The standard InChI is InChI=1S/C11H15N3/c1-14(2)11-6-4-10(5-7-11)13-9-3-8-12/h4-7,13H,3,9H2,1-2H3. The van der Waals surface area contributed by atoms with Crippen molar-refractivity contribution in [1.82, 2.24) is 0 Å². The molecule has 1 aromatic rings. The maximum atomic E-state index is 8.36. The van der Waals surface area contributed by atoms with Crippen LogP contribution in [0.1, 0.15) is 6.42 Å². The van der Waals surface area contributed by atoms with Gasteiger partial charge in [-0.1, -0.05) is 0 Å². The minimum atomic E-state index is 0.537. The molecule has 0 unspecified atom stereocenters. The summed E-state index contributed by atoms with van der Waals surface area (Å²) in [4.78, 5) is 2.05. The molecule has 0 aromatic heterocycles. The highest BCUT2D eigenvalue weighted by atomic mass is 15.1. The molecule has 0 saturated heterocycles. The molecule has 0 aliphatic rings. The molecule has 3 heteroatoms. The van der Waals surface area contributed by atoms with Crippen molar-refractivity contribution in [2.45, 2.75) is 6.42 Å². The van der Waals surface area contributed by atoms with Crippen molar-refractivity contribution < 1.29 is 0 Å². The Hall–Kier alpha value is -1.69. The number of anilines is 2. The Kier molecular flexibility index (Phi) is 3.81. The van der Waals surface area contributed by atoms with Gasteiger partial charge in [-0.05, 0) is 24.3 Å². The number of nitrogens with one attached hydrogen (secondary N) is 1. The zero-order valence-corrected chi connectivity index (χ0v) is 8.62. The average molecular weight is 189 g/mol. The summed E-state index contributed by atoms with van der Waals surface area (Å²) in [6.07, 6.45) is 0.537. The van der Waals surface area contributed by atoms with Gasteiger partial charge in [0.25, 0.3) is 0 Å². The Morgan fingerprint density at radius 3 is 2.43 bits per heavy atom. The molecule has 0 amide bonds. The number of hydrogen-bond donors (Lipinski definition) is 1. The molecule has 3 nitrogen and oxygen atoms in total. The van der Waals surface area contributed by atoms with Gasteiger partial charge >= 0.3 is 0 Å². The second-order valence-electron chi connectivity index (χ2n) is 3.28. The van der Waals surface area contributed by atoms with Crippen LogP contribution in [0.15, 0.2) is 24.3 Å². The van der Waals surface area contributed by atoms with Gasteiger partial charge in [-0.15, -0.1) is 0 Å². The first-order chi connectivity index (χ1) is 6.74. The Bertz CT molecular complexity index is 308. The molecular formula is C11H15N3. The summed E-state index contributed by atoms with van der Waals surface area (Å²) in [6, 6.07) is 10.2. The van der Waals surface area contributed by atoms with Gasteiger partial charge in [0.1, 0.15) is 0 Å². The Morgan fingerprint density at radius 2 is 1.93 bits per heavy atom. The smallest absolute Gasteiger partial charge is 0.0640 e. The van der Waals surface area contributed by atoms with Crippen LogP contribution in [-0.4, -0.2) is 20.6 Å². The minimum absolute atomic E-state index is 0.537. The van der Waals surface area contributed by atoms with Gasteiger partial charge in [0.15, 0.2) is 0 Å². The number of benzene rings is 1. The van der Waals surface area contributed by atoms with Crippen molar-refractivity contribution in [2.24, 2.45) is 0 Å². The van der Waals surface area contributed by atoms with Crippen LogP contribution in [0, 0.1) is 11.3 Å². The van der Waals surface area contributed by atoms with Crippen molar-refractivity contribution in [1.29, 1.82) is 5.26 Å². The molecular weight excluding hydrogens is 174 g/mol. The second kappa shape index (κ2) is 5.13. The normalized spacial score (nSPS) is 9.21. The lowest BCUT2D eigenvalue weighted by Crippen LogP contribution is -2.08. The van der Waals surface area contributed by atoms with Crippen LogP contribution in [0.3, 0.4) is 0 Å². The van der Waals surface area contributed by atoms with Gasteiger partial charge in [-0.25, -0.2) is 0 Å². The monoisotopic (exact) mass is 189 g/mol. The molecule has 0 atom stereocenters. The molecule has 0 radical (unpaired) electrons. The summed E-state index contributed by atoms with van der Waals surface area (Å²) in [5.74, 6) is 0. The summed E-state index contributed by atoms with van der Waals surface area (Å²) in [5, 5.41) is 11.5.